The molecule has 0 saturated heterocycles. The second-order valence-corrected chi connectivity index (χ2v) is 9.21. The molecule has 0 atom stereocenters. The molecular formula is C29H29FN4O4. The molecule has 0 bridgehead atoms. The molecule has 0 aliphatic carbocycles. The lowest BCUT2D eigenvalue weighted by Crippen LogP contribution is -2.34. The topological polar surface area (TPSA) is 91.0 Å². The van der Waals surface area contributed by atoms with Crippen LogP contribution in [-0.2, 0) is 25.5 Å². The molecule has 1 aliphatic rings. The Labute approximate surface area is 220 Å². The first-order valence-electron chi connectivity index (χ1n) is 12.0. The van der Waals surface area contributed by atoms with Gasteiger partial charge in [0, 0.05) is 24.0 Å². The molecule has 3 aromatic rings. The molecule has 0 saturated carbocycles. The minimum absolute atomic E-state index is 0.0444. The summed E-state index contributed by atoms with van der Waals surface area (Å²) in [5.74, 6) is -1.21. The van der Waals surface area contributed by atoms with Crippen LogP contribution in [0.1, 0.15) is 16.7 Å². The average molecular weight is 517 g/mol. The van der Waals surface area contributed by atoms with Gasteiger partial charge in [0.1, 0.15) is 5.82 Å². The van der Waals surface area contributed by atoms with Crippen LogP contribution in [0.4, 0.5) is 21.5 Å². The van der Waals surface area contributed by atoms with E-state index in [9.17, 15) is 18.8 Å². The number of anilines is 3. The smallest absolute Gasteiger partial charge is 0.309 e. The van der Waals surface area contributed by atoms with Gasteiger partial charge in [-0.15, -0.1) is 0 Å². The minimum Gasteiger partial charge on any atom is -0.469 e. The van der Waals surface area contributed by atoms with E-state index in [0.717, 1.165) is 11.3 Å². The number of carbonyl (C=O) groups is 3. The molecule has 3 aromatic carbocycles. The van der Waals surface area contributed by atoms with E-state index in [1.807, 2.05) is 50.5 Å². The molecule has 4 rings (SSSR count). The average Bonchev–Trinajstić information content (AvgIpc) is 3.21. The first kappa shape index (κ1) is 26.6. The van der Waals surface area contributed by atoms with Gasteiger partial charge in [-0.1, -0.05) is 24.3 Å². The number of carbonyl (C=O) groups excluding carboxylic acids is 3. The fourth-order valence-electron chi connectivity index (χ4n) is 4.13. The Morgan fingerprint density at radius 2 is 1.66 bits per heavy atom. The van der Waals surface area contributed by atoms with Crippen molar-refractivity contribution >= 4 is 46.1 Å². The van der Waals surface area contributed by atoms with Gasteiger partial charge in [-0.05, 0) is 67.7 Å². The Balaban J connectivity index is 1.71. The van der Waals surface area contributed by atoms with Crippen molar-refractivity contribution in [3.63, 3.8) is 0 Å². The van der Waals surface area contributed by atoms with Crippen LogP contribution in [0, 0.1) is 5.82 Å². The maximum Gasteiger partial charge on any atom is 0.309 e. The number of esters is 1. The Morgan fingerprint density at radius 1 is 0.974 bits per heavy atom. The first-order chi connectivity index (χ1) is 18.2. The van der Waals surface area contributed by atoms with Gasteiger partial charge < -0.3 is 25.2 Å². The molecule has 0 fully saturated rings. The summed E-state index contributed by atoms with van der Waals surface area (Å²) in [6.07, 6.45) is 0.125. The molecule has 1 heterocycles. The molecule has 0 unspecified atom stereocenters. The van der Waals surface area contributed by atoms with Gasteiger partial charge in [0.05, 0.1) is 37.0 Å². The Morgan fingerprint density at radius 3 is 2.29 bits per heavy atom. The molecule has 38 heavy (non-hydrogen) atoms. The number of benzene rings is 3. The number of ether oxygens (including phenoxy) is 1. The third-order valence-electron chi connectivity index (χ3n) is 6.14. The summed E-state index contributed by atoms with van der Waals surface area (Å²) in [7, 11) is 6.72. The van der Waals surface area contributed by atoms with Crippen molar-refractivity contribution in [1.82, 2.24) is 4.90 Å². The number of likely N-dealkylation sites (N-methyl/N-ethyl adjacent to an activating group) is 2. The van der Waals surface area contributed by atoms with Gasteiger partial charge in [0.25, 0.3) is 5.91 Å². The number of nitrogens with zero attached hydrogens (tertiary/aromatic N) is 2. The maximum absolute atomic E-state index is 13.8. The Bertz CT molecular complexity index is 1400. The van der Waals surface area contributed by atoms with Crippen LogP contribution in [0.5, 0.6) is 0 Å². The second-order valence-electron chi connectivity index (χ2n) is 9.21. The van der Waals surface area contributed by atoms with Crippen LogP contribution in [-0.4, -0.2) is 57.5 Å². The minimum atomic E-state index is -0.449. The predicted octanol–water partition coefficient (Wildman–Crippen LogP) is 4.00. The molecule has 0 spiro atoms. The molecule has 8 nitrogen and oxygen atoms in total. The van der Waals surface area contributed by atoms with Crippen molar-refractivity contribution in [2.75, 3.05) is 50.3 Å². The molecule has 9 heteroatoms. The lowest BCUT2D eigenvalue weighted by atomic mass is 9.98. The lowest BCUT2D eigenvalue weighted by Gasteiger charge is -2.20. The van der Waals surface area contributed by atoms with E-state index >= 15 is 0 Å². The van der Waals surface area contributed by atoms with E-state index in [2.05, 4.69) is 10.6 Å². The third-order valence-corrected chi connectivity index (χ3v) is 6.14. The quantitative estimate of drug-likeness (QED) is 0.348. The molecule has 1 aliphatic heterocycles. The van der Waals surface area contributed by atoms with E-state index in [-0.39, 0.29) is 30.7 Å². The SMILES string of the molecule is COC(=O)Cc1ccc(/C(Nc2ccc(N(C)C(=O)CN(C)C)cc2)=C2/C(=O)Nc3cc(F)ccc32)cc1. The highest BCUT2D eigenvalue weighted by molar-refractivity contribution is 6.37. The summed E-state index contributed by atoms with van der Waals surface area (Å²) < 4.78 is 18.6. The summed E-state index contributed by atoms with van der Waals surface area (Å²) >= 11 is 0. The summed E-state index contributed by atoms with van der Waals surface area (Å²) in [4.78, 5) is 40.6. The van der Waals surface area contributed by atoms with Gasteiger partial charge >= 0.3 is 5.97 Å². The summed E-state index contributed by atoms with van der Waals surface area (Å²) in [6, 6.07) is 18.6. The fourth-order valence-corrected chi connectivity index (χ4v) is 4.13. The van der Waals surface area contributed by atoms with E-state index in [4.69, 9.17) is 4.74 Å². The van der Waals surface area contributed by atoms with Crippen LogP contribution in [0.3, 0.4) is 0 Å². The zero-order chi connectivity index (χ0) is 27.4. The zero-order valence-electron chi connectivity index (χ0n) is 21.7. The molecule has 2 N–H and O–H groups in total. The molecule has 196 valence electrons. The van der Waals surface area contributed by atoms with Gasteiger partial charge in [-0.25, -0.2) is 4.39 Å². The standard InChI is InChI=1S/C29H29FN4O4/c1-33(2)17-25(35)34(3)22-12-10-21(11-13-22)31-28(19-7-5-18(6-8-19)15-26(36)38-4)27-23-14-9-20(30)16-24(23)32-29(27)37/h5-14,16,31H,15,17H2,1-4H3,(H,32,37)/b28-27-. The van der Waals surface area contributed by atoms with E-state index < -0.39 is 5.82 Å². The largest absolute Gasteiger partial charge is 0.469 e. The van der Waals surface area contributed by atoms with Crippen LogP contribution in [0.25, 0.3) is 11.3 Å². The highest BCUT2D eigenvalue weighted by Gasteiger charge is 2.29. The van der Waals surface area contributed by atoms with Crippen molar-refractivity contribution in [3.8, 4) is 0 Å². The third kappa shape index (κ3) is 5.90. The Kier molecular flexibility index (Phi) is 7.87. The molecule has 0 radical (unpaired) electrons. The fraction of sp³-hybridized carbons (Fsp3) is 0.207. The first-order valence-corrected chi connectivity index (χ1v) is 12.0. The number of fused-ring (bicyclic) bond motifs is 1. The second kappa shape index (κ2) is 11.3. The van der Waals surface area contributed by atoms with Gasteiger partial charge in [0.2, 0.25) is 5.91 Å². The van der Waals surface area contributed by atoms with Crippen LogP contribution in [0.15, 0.2) is 66.7 Å². The van der Waals surface area contributed by atoms with Gasteiger partial charge in [-0.3, -0.25) is 14.4 Å². The lowest BCUT2D eigenvalue weighted by molar-refractivity contribution is -0.139. The van der Waals surface area contributed by atoms with Gasteiger partial charge in [-0.2, -0.15) is 0 Å². The zero-order valence-corrected chi connectivity index (χ0v) is 21.7. The Hall–Kier alpha value is -4.50. The maximum atomic E-state index is 13.8. The predicted molar refractivity (Wildman–Crippen MR) is 146 cm³/mol. The molecule has 2 amide bonds. The van der Waals surface area contributed by atoms with E-state index in [0.29, 0.717) is 33.8 Å². The normalized spacial score (nSPS) is 13.6. The number of methoxy groups -OCH3 is 1. The van der Waals surface area contributed by atoms with Crippen molar-refractivity contribution in [2.24, 2.45) is 0 Å². The number of hydrogen-bond acceptors (Lipinski definition) is 6. The number of amides is 2. The monoisotopic (exact) mass is 516 g/mol. The highest BCUT2D eigenvalue weighted by Crippen LogP contribution is 2.38. The van der Waals surface area contributed by atoms with Crippen LogP contribution in [0.2, 0.25) is 0 Å². The van der Waals surface area contributed by atoms with E-state index in [1.165, 1.54) is 19.2 Å². The number of nitrogens with one attached hydrogen (secondary N) is 2. The van der Waals surface area contributed by atoms with Crippen molar-refractivity contribution in [2.45, 2.75) is 6.42 Å². The van der Waals surface area contributed by atoms with Crippen molar-refractivity contribution < 1.29 is 23.5 Å². The van der Waals surface area contributed by atoms with E-state index in [1.54, 1.807) is 35.0 Å². The van der Waals surface area contributed by atoms with Crippen LogP contribution < -0.4 is 15.5 Å². The highest BCUT2D eigenvalue weighted by atomic mass is 19.1. The van der Waals surface area contributed by atoms with Crippen molar-refractivity contribution in [1.29, 1.82) is 0 Å². The molecular weight excluding hydrogens is 487 g/mol. The van der Waals surface area contributed by atoms with Crippen molar-refractivity contribution in [3.05, 3.63) is 89.2 Å². The van der Waals surface area contributed by atoms with Crippen LogP contribution >= 0.6 is 0 Å². The number of halogens is 1. The summed E-state index contributed by atoms with van der Waals surface area (Å²) in [5, 5.41) is 6.08. The number of hydrogen-bond donors (Lipinski definition) is 2. The molecule has 0 aromatic heterocycles. The number of rotatable bonds is 8. The summed E-state index contributed by atoms with van der Waals surface area (Å²) in [6.45, 7) is 0.286. The summed E-state index contributed by atoms with van der Waals surface area (Å²) in [5.41, 5.74) is 4.72. The van der Waals surface area contributed by atoms with Gasteiger partial charge in [0.15, 0.2) is 0 Å².